The molecule has 1 aliphatic rings. The highest BCUT2D eigenvalue weighted by molar-refractivity contribution is 5.93. The molecule has 1 aliphatic carbocycles. The standard InChI is InChI=1S/C17H16F3NO2/c1-11-8-9-23-15(11)16(22)21(14-6-7-14)10-12-2-4-13(5-3-12)17(18,19)20/h2-5,8-9,14H,6-7,10H2,1H3. The van der Waals surface area contributed by atoms with Gasteiger partial charge in [-0.15, -0.1) is 0 Å². The fraction of sp³-hybridized carbons (Fsp3) is 0.353. The van der Waals surface area contributed by atoms with Crippen molar-refractivity contribution in [2.75, 3.05) is 0 Å². The first-order valence-electron chi connectivity index (χ1n) is 7.37. The van der Waals surface area contributed by atoms with Crippen LogP contribution in [0.15, 0.2) is 41.0 Å². The van der Waals surface area contributed by atoms with Gasteiger partial charge < -0.3 is 9.32 Å². The van der Waals surface area contributed by atoms with Gasteiger partial charge in [-0.1, -0.05) is 12.1 Å². The lowest BCUT2D eigenvalue weighted by molar-refractivity contribution is -0.137. The second-order valence-corrected chi connectivity index (χ2v) is 5.79. The molecule has 0 bridgehead atoms. The number of carbonyl (C=O) groups is 1. The van der Waals surface area contributed by atoms with Gasteiger partial charge in [0.05, 0.1) is 11.8 Å². The van der Waals surface area contributed by atoms with Crippen molar-refractivity contribution in [3.05, 3.63) is 59.0 Å². The van der Waals surface area contributed by atoms with E-state index < -0.39 is 11.7 Å². The molecule has 1 heterocycles. The first-order chi connectivity index (χ1) is 10.9. The highest BCUT2D eigenvalue weighted by Gasteiger charge is 2.35. The summed E-state index contributed by atoms with van der Waals surface area (Å²) >= 11 is 0. The van der Waals surface area contributed by atoms with E-state index in [9.17, 15) is 18.0 Å². The summed E-state index contributed by atoms with van der Waals surface area (Å²) in [4.78, 5) is 14.3. The number of amides is 1. The van der Waals surface area contributed by atoms with Gasteiger partial charge in [-0.3, -0.25) is 4.79 Å². The average Bonchev–Trinajstić information content (AvgIpc) is 3.25. The number of furan rings is 1. The molecule has 0 aliphatic heterocycles. The summed E-state index contributed by atoms with van der Waals surface area (Å²) in [5.74, 6) is 0.0821. The van der Waals surface area contributed by atoms with Crippen molar-refractivity contribution in [2.45, 2.75) is 38.5 Å². The minimum absolute atomic E-state index is 0.134. The quantitative estimate of drug-likeness (QED) is 0.835. The van der Waals surface area contributed by atoms with Gasteiger partial charge in [0.2, 0.25) is 0 Å². The van der Waals surface area contributed by atoms with E-state index in [1.165, 1.54) is 18.4 Å². The minimum Gasteiger partial charge on any atom is -0.459 e. The Bertz CT molecular complexity index is 699. The van der Waals surface area contributed by atoms with Gasteiger partial charge in [0.25, 0.3) is 5.91 Å². The molecule has 0 spiro atoms. The van der Waals surface area contributed by atoms with Crippen molar-refractivity contribution in [2.24, 2.45) is 0 Å². The lowest BCUT2D eigenvalue weighted by atomic mass is 10.1. The van der Waals surface area contributed by atoms with Crippen LogP contribution in [0, 0.1) is 6.92 Å². The molecule has 0 unspecified atom stereocenters. The molecule has 0 atom stereocenters. The van der Waals surface area contributed by atoms with Crippen LogP contribution in [0.3, 0.4) is 0 Å². The Balaban J connectivity index is 1.78. The number of carbonyl (C=O) groups excluding carboxylic acids is 1. The van der Waals surface area contributed by atoms with Crippen LogP contribution >= 0.6 is 0 Å². The van der Waals surface area contributed by atoms with Crippen molar-refractivity contribution in [1.82, 2.24) is 4.90 Å². The largest absolute Gasteiger partial charge is 0.459 e. The number of aryl methyl sites for hydroxylation is 1. The van der Waals surface area contributed by atoms with Crippen LogP contribution in [0.25, 0.3) is 0 Å². The maximum absolute atomic E-state index is 12.6. The van der Waals surface area contributed by atoms with Crippen LogP contribution in [0.4, 0.5) is 13.2 Å². The highest BCUT2D eigenvalue weighted by Crippen LogP contribution is 2.32. The van der Waals surface area contributed by atoms with E-state index in [1.54, 1.807) is 17.9 Å². The van der Waals surface area contributed by atoms with E-state index in [1.807, 2.05) is 0 Å². The third-order valence-corrected chi connectivity index (χ3v) is 3.94. The third kappa shape index (κ3) is 3.41. The Morgan fingerprint density at radius 3 is 2.35 bits per heavy atom. The van der Waals surface area contributed by atoms with Crippen molar-refractivity contribution in [3.8, 4) is 0 Å². The average molecular weight is 323 g/mol. The number of rotatable bonds is 4. The van der Waals surface area contributed by atoms with E-state index in [-0.39, 0.29) is 18.5 Å². The molecule has 2 aromatic rings. The van der Waals surface area contributed by atoms with Crippen molar-refractivity contribution >= 4 is 5.91 Å². The molecular formula is C17H16F3NO2. The number of alkyl halides is 3. The third-order valence-electron chi connectivity index (χ3n) is 3.94. The molecule has 3 nitrogen and oxygen atoms in total. The molecule has 0 saturated heterocycles. The summed E-state index contributed by atoms with van der Waals surface area (Å²) in [6.45, 7) is 2.07. The summed E-state index contributed by atoms with van der Waals surface area (Å²) in [5.41, 5.74) is 0.739. The normalized spacial score (nSPS) is 14.8. The Hall–Kier alpha value is -2.24. The van der Waals surface area contributed by atoms with E-state index in [2.05, 4.69) is 0 Å². The second kappa shape index (κ2) is 5.76. The molecule has 1 aromatic carbocycles. The lowest BCUT2D eigenvalue weighted by Crippen LogP contribution is -2.32. The molecule has 0 radical (unpaired) electrons. The zero-order valence-corrected chi connectivity index (χ0v) is 12.6. The van der Waals surface area contributed by atoms with Crippen LogP contribution in [-0.4, -0.2) is 16.8 Å². The Kier molecular flexibility index (Phi) is 3.92. The topological polar surface area (TPSA) is 33.5 Å². The molecule has 1 amide bonds. The molecule has 3 rings (SSSR count). The summed E-state index contributed by atoms with van der Waals surface area (Å²) in [7, 11) is 0. The van der Waals surface area contributed by atoms with E-state index in [0.717, 1.165) is 30.5 Å². The first kappa shape index (κ1) is 15.6. The van der Waals surface area contributed by atoms with Gasteiger partial charge in [-0.05, 0) is 43.5 Å². The zero-order valence-electron chi connectivity index (χ0n) is 12.6. The van der Waals surface area contributed by atoms with E-state index >= 15 is 0 Å². The van der Waals surface area contributed by atoms with Crippen LogP contribution in [0.2, 0.25) is 0 Å². The van der Waals surface area contributed by atoms with E-state index in [0.29, 0.717) is 11.3 Å². The van der Waals surface area contributed by atoms with E-state index in [4.69, 9.17) is 4.42 Å². The molecule has 1 fully saturated rings. The predicted octanol–water partition coefficient (Wildman–Crippen LogP) is 4.41. The predicted molar refractivity (Wildman–Crippen MR) is 77.8 cm³/mol. The first-order valence-corrected chi connectivity index (χ1v) is 7.37. The molecule has 0 N–H and O–H groups in total. The van der Waals surface area contributed by atoms with Gasteiger partial charge in [-0.2, -0.15) is 13.2 Å². The summed E-state index contributed by atoms with van der Waals surface area (Å²) in [6, 6.07) is 6.78. The fourth-order valence-electron chi connectivity index (χ4n) is 2.47. The van der Waals surface area contributed by atoms with Gasteiger partial charge >= 0.3 is 6.18 Å². The molecule has 1 saturated carbocycles. The molecule has 1 aromatic heterocycles. The highest BCUT2D eigenvalue weighted by atomic mass is 19.4. The van der Waals surface area contributed by atoms with Crippen LogP contribution < -0.4 is 0 Å². The van der Waals surface area contributed by atoms with Crippen molar-refractivity contribution in [3.63, 3.8) is 0 Å². The number of nitrogens with zero attached hydrogens (tertiary/aromatic N) is 1. The molecular weight excluding hydrogens is 307 g/mol. The SMILES string of the molecule is Cc1ccoc1C(=O)N(Cc1ccc(C(F)(F)F)cc1)C1CC1. The fourth-order valence-corrected chi connectivity index (χ4v) is 2.47. The summed E-state index contributed by atoms with van der Waals surface area (Å²) in [5, 5.41) is 0. The summed E-state index contributed by atoms with van der Waals surface area (Å²) < 4.78 is 43.1. The zero-order chi connectivity index (χ0) is 16.6. The smallest absolute Gasteiger partial charge is 0.416 e. The monoisotopic (exact) mass is 323 g/mol. The molecule has 122 valence electrons. The lowest BCUT2D eigenvalue weighted by Gasteiger charge is -2.22. The van der Waals surface area contributed by atoms with Crippen molar-refractivity contribution in [1.29, 1.82) is 0 Å². The number of benzene rings is 1. The second-order valence-electron chi connectivity index (χ2n) is 5.79. The number of halogens is 3. The maximum atomic E-state index is 12.6. The van der Waals surface area contributed by atoms with Gasteiger partial charge in [0.1, 0.15) is 0 Å². The molecule has 6 heteroatoms. The van der Waals surface area contributed by atoms with Gasteiger partial charge in [0.15, 0.2) is 5.76 Å². The molecule has 23 heavy (non-hydrogen) atoms. The Morgan fingerprint density at radius 2 is 1.87 bits per heavy atom. The van der Waals surface area contributed by atoms with Crippen LogP contribution in [-0.2, 0) is 12.7 Å². The van der Waals surface area contributed by atoms with Gasteiger partial charge in [-0.25, -0.2) is 0 Å². The van der Waals surface area contributed by atoms with Crippen LogP contribution in [0.1, 0.15) is 40.1 Å². The minimum atomic E-state index is -4.35. The summed E-state index contributed by atoms with van der Waals surface area (Å²) in [6.07, 6.45) is -1.07. The Morgan fingerprint density at radius 1 is 1.22 bits per heavy atom. The van der Waals surface area contributed by atoms with Gasteiger partial charge in [0, 0.05) is 18.2 Å². The van der Waals surface area contributed by atoms with Crippen molar-refractivity contribution < 1.29 is 22.4 Å². The maximum Gasteiger partial charge on any atom is 0.416 e. The number of hydrogen-bond acceptors (Lipinski definition) is 2. The Labute approximate surface area is 131 Å². The van der Waals surface area contributed by atoms with Crippen LogP contribution in [0.5, 0.6) is 0 Å². The number of hydrogen-bond donors (Lipinski definition) is 0.